The number of imidazole rings is 1. The Kier molecular flexibility index (Phi) is 4.25. The molecule has 2 rings (SSSR count). The molecule has 100 valence electrons. The number of non-ortho nitro benzene ring substituents is 1. The van der Waals surface area contributed by atoms with E-state index in [1.54, 1.807) is 18.3 Å². The summed E-state index contributed by atoms with van der Waals surface area (Å²) in [7, 11) is 1.92. The normalized spacial score (nSPS) is 10.6. The van der Waals surface area contributed by atoms with Crippen LogP contribution in [0.4, 0.5) is 5.69 Å². The lowest BCUT2D eigenvalue weighted by Gasteiger charge is -2.07. The van der Waals surface area contributed by atoms with E-state index < -0.39 is 4.92 Å². The lowest BCUT2D eigenvalue weighted by atomic mass is 10.2. The Morgan fingerprint density at radius 1 is 1.37 bits per heavy atom. The summed E-state index contributed by atoms with van der Waals surface area (Å²) in [5, 5.41) is 13.7. The molecule has 6 nitrogen and oxygen atoms in total. The van der Waals surface area contributed by atoms with Crippen molar-refractivity contribution >= 4 is 5.69 Å². The second-order valence-electron chi connectivity index (χ2n) is 4.21. The average molecular weight is 260 g/mol. The van der Waals surface area contributed by atoms with Crippen LogP contribution in [0.5, 0.6) is 0 Å². The van der Waals surface area contributed by atoms with Crippen molar-refractivity contribution in [2.75, 3.05) is 13.6 Å². The topological polar surface area (TPSA) is 73.0 Å². The van der Waals surface area contributed by atoms with Gasteiger partial charge in [-0.05, 0) is 32.1 Å². The highest BCUT2D eigenvalue weighted by atomic mass is 16.6. The zero-order valence-corrected chi connectivity index (χ0v) is 10.7. The summed E-state index contributed by atoms with van der Waals surface area (Å²) in [6.45, 7) is 1.81. The number of aromatic nitrogens is 2. The number of nitro groups is 1. The molecule has 2 aromatic rings. The van der Waals surface area contributed by atoms with Crippen molar-refractivity contribution in [2.45, 2.75) is 13.0 Å². The fourth-order valence-electron chi connectivity index (χ4n) is 1.91. The second-order valence-corrected chi connectivity index (χ2v) is 4.21. The number of nitro benzene ring substituents is 1. The highest BCUT2D eigenvalue weighted by Gasteiger charge is 2.08. The number of hydrogen-bond acceptors (Lipinski definition) is 4. The molecule has 1 N–H and O–H groups in total. The zero-order valence-electron chi connectivity index (χ0n) is 10.7. The summed E-state index contributed by atoms with van der Waals surface area (Å²) >= 11 is 0. The van der Waals surface area contributed by atoms with Crippen LogP contribution in [0, 0.1) is 10.1 Å². The number of hydrogen-bond donors (Lipinski definition) is 1. The SMILES string of the molecule is CNCCCn1ccnc1-c1ccc([N+](=O)[O-])cc1. The molecule has 0 aliphatic carbocycles. The van der Waals surface area contributed by atoms with Gasteiger partial charge in [0.15, 0.2) is 0 Å². The molecule has 0 unspecified atom stereocenters. The first-order valence-corrected chi connectivity index (χ1v) is 6.13. The van der Waals surface area contributed by atoms with Gasteiger partial charge in [0, 0.05) is 36.6 Å². The maximum absolute atomic E-state index is 10.6. The Bertz CT molecular complexity index is 548. The van der Waals surface area contributed by atoms with Gasteiger partial charge < -0.3 is 9.88 Å². The van der Waals surface area contributed by atoms with Gasteiger partial charge in [0.05, 0.1) is 4.92 Å². The van der Waals surface area contributed by atoms with Gasteiger partial charge >= 0.3 is 0 Å². The Hall–Kier alpha value is -2.21. The highest BCUT2D eigenvalue weighted by molar-refractivity contribution is 5.57. The zero-order chi connectivity index (χ0) is 13.7. The Labute approximate surface area is 111 Å². The van der Waals surface area contributed by atoms with Crippen LogP contribution in [0.25, 0.3) is 11.4 Å². The molecule has 0 atom stereocenters. The lowest BCUT2D eigenvalue weighted by molar-refractivity contribution is -0.384. The van der Waals surface area contributed by atoms with Crippen molar-refractivity contribution in [1.82, 2.24) is 14.9 Å². The first-order chi connectivity index (χ1) is 9.22. The molecule has 0 radical (unpaired) electrons. The minimum Gasteiger partial charge on any atom is -0.331 e. The molecule has 6 heteroatoms. The maximum atomic E-state index is 10.6. The largest absolute Gasteiger partial charge is 0.331 e. The van der Waals surface area contributed by atoms with Crippen LogP contribution in [0.2, 0.25) is 0 Å². The van der Waals surface area contributed by atoms with Crippen LogP contribution in [0.3, 0.4) is 0 Å². The molecule has 0 saturated heterocycles. The first kappa shape index (κ1) is 13.2. The molecule has 1 heterocycles. The van der Waals surface area contributed by atoms with E-state index in [9.17, 15) is 10.1 Å². The number of rotatable bonds is 6. The highest BCUT2D eigenvalue weighted by Crippen LogP contribution is 2.21. The summed E-state index contributed by atoms with van der Waals surface area (Å²) < 4.78 is 2.05. The molecule has 1 aromatic heterocycles. The third-order valence-electron chi connectivity index (χ3n) is 2.88. The van der Waals surface area contributed by atoms with Crippen LogP contribution < -0.4 is 5.32 Å². The fourth-order valence-corrected chi connectivity index (χ4v) is 1.91. The molecule has 1 aromatic carbocycles. The Morgan fingerprint density at radius 3 is 2.74 bits per heavy atom. The van der Waals surface area contributed by atoms with Crippen molar-refractivity contribution in [3.8, 4) is 11.4 Å². The van der Waals surface area contributed by atoms with Crippen molar-refractivity contribution in [3.63, 3.8) is 0 Å². The molecule has 0 bridgehead atoms. The smallest absolute Gasteiger partial charge is 0.269 e. The number of nitrogens with zero attached hydrogens (tertiary/aromatic N) is 3. The maximum Gasteiger partial charge on any atom is 0.269 e. The monoisotopic (exact) mass is 260 g/mol. The van der Waals surface area contributed by atoms with Crippen molar-refractivity contribution < 1.29 is 4.92 Å². The predicted octanol–water partition coefficient (Wildman–Crippen LogP) is 2.07. The van der Waals surface area contributed by atoms with Crippen LogP contribution in [-0.4, -0.2) is 28.1 Å². The van der Waals surface area contributed by atoms with E-state index in [1.807, 2.05) is 13.2 Å². The van der Waals surface area contributed by atoms with Crippen LogP contribution in [0.1, 0.15) is 6.42 Å². The lowest BCUT2D eigenvalue weighted by Crippen LogP contribution is -2.11. The summed E-state index contributed by atoms with van der Waals surface area (Å²) in [5.74, 6) is 0.839. The second kappa shape index (κ2) is 6.10. The number of aryl methyl sites for hydroxylation is 1. The van der Waals surface area contributed by atoms with Crippen LogP contribution in [-0.2, 0) is 6.54 Å². The molecular weight excluding hydrogens is 244 g/mol. The van der Waals surface area contributed by atoms with Gasteiger partial charge in [-0.15, -0.1) is 0 Å². The molecule has 0 fully saturated rings. The Balaban J connectivity index is 2.17. The molecule has 0 amide bonds. The van der Waals surface area contributed by atoms with Crippen molar-refractivity contribution in [2.24, 2.45) is 0 Å². The summed E-state index contributed by atoms with van der Waals surface area (Å²) in [5.41, 5.74) is 0.983. The van der Waals surface area contributed by atoms with E-state index in [4.69, 9.17) is 0 Å². The fraction of sp³-hybridized carbons (Fsp3) is 0.308. The van der Waals surface area contributed by atoms with Crippen LogP contribution >= 0.6 is 0 Å². The van der Waals surface area contributed by atoms with E-state index in [-0.39, 0.29) is 5.69 Å². The molecule has 0 saturated carbocycles. The van der Waals surface area contributed by atoms with E-state index in [0.29, 0.717) is 0 Å². The first-order valence-electron chi connectivity index (χ1n) is 6.13. The third-order valence-corrected chi connectivity index (χ3v) is 2.88. The van der Waals surface area contributed by atoms with E-state index in [0.717, 1.165) is 30.9 Å². The summed E-state index contributed by atoms with van der Waals surface area (Å²) in [4.78, 5) is 14.5. The molecule has 0 aliphatic rings. The van der Waals surface area contributed by atoms with Gasteiger partial charge in [-0.2, -0.15) is 0 Å². The van der Waals surface area contributed by atoms with Crippen molar-refractivity contribution in [3.05, 3.63) is 46.8 Å². The molecular formula is C13H16N4O2. The molecule has 19 heavy (non-hydrogen) atoms. The summed E-state index contributed by atoms with van der Waals surface area (Å²) in [6, 6.07) is 6.47. The minimum atomic E-state index is -0.400. The molecule has 0 spiro atoms. The van der Waals surface area contributed by atoms with Gasteiger partial charge in [-0.1, -0.05) is 0 Å². The van der Waals surface area contributed by atoms with E-state index in [1.165, 1.54) is 12.1 Å². The summed E-state index contributed by atoms with van der Waals surface area (Å²) in [6.07, 6.45) is 4.68. The number of nitrogens with one attached hydrogen (secondary N) is 1. The van der Waals surface area contributed by atoms with E-state index in [2.05, 4.69) is 14.9 Å². The number of benzene rings is 1. The standard InChI is InChI=1S/C13H16N4O2/c1-14-7-2-9-16-10-8-15-13(16)11-3-5-12(6-4-11)17(18)19/h3-6,8,10,14H,2,7,9H2,1H3. The quantitative estimate of drug-likeness (QED) is 0.490. The van der Waals surface area contributed by atoms with Gasteiger partial charge in [0.25, 0.3) is 5.69 Å². The van der Waals surface area contributed by atoms with Gasteiger partial charge in [0.2, 0.25) is 0 Å². The molecule has 0 aliphatic heterocycles. The van der Waals surface area contributed by atoms with Gasteiger partial charge in [0.1, 0.15) is 5.82 Å². The Morgan fingerprint density at radius 2 is 2.11 bits per heavy atom. The minimum absolute atomic E-state index is 0.0945. The van der Waals surface area contributed by atoms with Gasteiger partial charge in [-0.3, -0.25) is 10.1 Å². The predicted molar refractivity (Wildman–Crippen MR) is 72.9 cm³/mol. The van der Waals surface area contributed by atoms with Gasteiger partial charge in [-0.25, -0.2) is 4.98 Å². The van der Waals surface area contributed by atoms with Crippen LogP contribution in [0.15, 0.2) is 36.7 Å². The average Bonchev–Trinajstić information content (AvgIpc) is 2.87. The third kappa shape index (κ3) is 3.17. The van der Waals surface area contributed by atoms with E-state index >= 15 is 0 Å². The van der Waals surface area contributed by atoms with Crippen molar-refractivity contribution in [1.29, 1.82) is 0 Å².